The molecule has 0 amide bonds. The topological polar surface area (TPSA) is 65.5 Å². The van der Waals surface area contributed by atoms with Crippen molar-refractivity contribution in [2.24, 2.45) is 12.8 Å². The van der Waals surface area contributed by atoms with Gasteiger partial charge in [-0.2, -0.15) is 5.10 Å². The fraction of sp³-hybridized carbons (Fsp3) is 0.769. The molecular formula is C13H24N4O2. The number of rotatable bonds is 5. The van der Waals surface area contributed by atoms with Crippen molar-refractivity contribution in [3.05, 3.63) is 17.5 Å². The Bertz CT molecular complexity index is 409. The molecule has 0 bridgehead atoms. The van der Waals surface area contributed by atoms with Gasteiger partial charge in [-0.05, 0) is 6.92 Å². The molecule has 3 atom stereocenters. The predicted molar refractivity (Wildman–Crippen MR) is 72.9 cm³/mol. The van der Waals surface area contributed by atoms with Gasteiger partial charge in [-0.1, -0.05) is 0 Å². The summed E-state index contributed by atoms with van der Waals surface area (Å²) in [6.45, 7) is 4.27. The zero-order valence-corrected chi connectivity index (χ0v) is 12.2. The molecule has 1 aromatic heterocycles. The molecule has 2 N–H and O–H groups in total. The fourth-order valence-electron chi connectivity index (χ4n) is 2.90. The lowest BCUT2D eigenvalue weighted by molar-refractivity contribution is -0.00461. The van der Waals surface area contributed by atoms with Crippen LogP contribution in [0.4, 0.5) is 0 Å². The number of ether oxygens (including phenoxy) is 2. The van der Waals surface area contributed by atoms with Gasteiger partial charge in [-0.25, -0.2) is 0 Å². The van der Waals surface area contributed by atoms with Gasteiger partial charge >= 0.3 is 0 Å². The third-order valence-corrected chi connectivity index (χ3v) is 3.92. The van der Waals surface area contributed by atoms with Gasteiger partial charge in [0.1, 0.15) is 0 Å². The van der Waals surface area contributed by atoms with E-state index < -0.39 is 0 Å². The van der Waals surface area contributed by atoms with E-state index in [2.05, 4.69) is 16.2 Å². The third-order valence-electron chi connectivity index (χ3n) is 3.92. The smallest absolute Gasteiger partial charge is 0.0972 e. The largest absolute Gasteiger partial charge is 0.377 e. The van der Waals surface area contributed by atoms with Crippen LogP contribution in [0.2, 0.25) is 0 Å². The molecule has 2 heterocycles. The lowest BCUT2D eigenvalue weighted by Gasteiger charge is -2.26. The summed E-state index contributed by atoms with van der Waals surface area (Å²) in [6, 6.07) is 0.173. The summed E-state index contributed by atoms with van der Waals surface area (Å²) in [5.41, 5.74) is 8.20. The molecule has 1 fully saturated rings. The van der Waals surface area contributed by atoms with Crippen LogP contribution in [0.1, 0.15) is 17.3 Å². The number of methoxy groups -OCH3 is 2. The Morgan fingerprint density at radius 3 is 2.32 bits per heavy atom. The van der Waals surface area contributed by atoms with Crippen LogP contribution in [-0.2, 0) is 16.5 Å². The van der Waals surface area contributed by atoms with Crippen LogP contribution in [-0.4, -0.2) is 60.7 Å². The summed E-state index contributed by atoms with van der Waals surface area (Å²) in [7, 11) is 5.39. The first-order valence-electron chi connectivity index (χ1n) is 6.60. The first-order chi connectivity index (χ1) is 9.10. The number of nitrogens with zero attached hydrogens (tertiary/aromatic N) is 3. The minimum atomic E-state index is 0.107. The van der Waals surface area contributed by atoms with E-state index in [0.29, 0.717) is 6.54 Å². The number of aromatic nitrogens is 2. The van der Waals surface area contributed by atoms with Gasteiger partial charge in [-0.3, -0.25) is 9.58 Å². The molecule has 0 spiro atoms. The Labute approximate surface area is 114 Å². The molecule has 0 aliphatic carbocycles. The van der Waals surface area contributed by atoms with E-state index in [4.69, 9.17) is 15.2 Å². The van der Waals surface area contributed by atoms with Crippen molar-refractivity contribution < 1.29 is 9.47 Å². The minimum absolute atomic E-state index is 0.107. The second kappa shape index (κ2) is 6.00. The van der Waals surface area contributed by atoms with E-state index in [1.807, 2.05) is 18.7 Å². The lowest BCUT2D eigenvalue weighted by Crippen LogP contribution is -2.33. The van der Waals surface area contributed by atoms with Crippen molar-refractivity contribution in [1.29, 1.82) is 0 Å². The van der Waals surface area contributed by atoms with E-state index in [9.17, 15) is 0 Å². The second-order valence-electron chi connectivity index (χ2n) is 5.10. The zero-order valence-electron chi connectivity index (χ0n) is 12.2. The SMILES string of the molecule is COC1CN(C(CN)c2cn(C)nc2C)CC1OC. The molecule has 108 valence electrons. The zero-order chi connectivity index (χ0) is 14.0. The molecule has 0 aromatic carbocycles. The highest BCUT2D eigenvalue weighted by molar-refractivity contribution is 5.21. The Morgan fingerprint density at radius 1 is 1.37 bits per heavy atom. The molecule has 0 saturated carbocycles. The van der Waals surface area contributed by atoms with Crippen LogP contribution in [0.25, 0.3) is 0 Å². The highest BCUT2D eigenvalue weighted by Gasteiger charge is 2.37. The fourth-order valence-corrected chi connectivity index (χ4v) is 2.90. The number of likely N-dealkylation sites (tertiary alicyclic amines) is 1. The summed E-state index contributed by atoms with van der Waals surface area (Å²) >= 11 is 0. The summed E-state index contributed by atoms with van der Waals surface area (Å²) in [5.74, 6) is 0. The first-order valence-corrected chi connectivity index (χ1v) is 6.60. The van der Waals surface area contributed by atoms with Gasteiger partial charge in [0, 0.05) is 52.7 Å². The minimum Gasteiger partial charge on any atom is -0.377 e. The molecule has 1 aromatic rings. The van der Waals surface area contributed by atoms with Crippen LogP contribution in [0.5, 0.6) is 0 Å². The summed E-state index contributed by atoms with van der Waals surface area (Å²) in [4.78, 5) is 2.33. The molecule has 3 unspecified atom stereocenters. The highest BCUT2D eigenvalue weighted by Crippen LogP contribution is 2.28. The summed E-state index contributed by atoms with van der Waals surface area (Å²) < 4.78 is 12.8. The maximum atomic E-state index is 5.98. The Kier molecular flexibility index (Phi) is 4.57. The molecule has 6 heteroatoms. The Morgan fingerprint density at radius 2 is 1.95 bits per heavy atom. The van der Waals surface area contributed by atoms with Gasteiger partial charge < -0.3 is 15.2 Å². The maximum Gasteiger partial charge on any atom is 0.0972 e. The van der Waals surface area contributed by atoms with Crippen molar-refractivity contribution in [2.75, 3.05) is 33.9 Å². The van der Waals surface area contributed by atoms with Crippen LogP contribution < -0.4 is 5.73 Å². The molecule has 19 heavy (non-hydrogen) atoms. The van der Waals surface area contributed by atoms with Crippen molar-refractivity contribution >= 4 is 0 Å². The van der Waals surface area contributed by atoms with Gasteiger partial charge in [0.05, 0.1) is 23.9 Å². The summed E-state index contributed by atoms with van der Waals surface area (Å²) in [5, 5.41) is 4.40. The third kappa shape index (κ3) is 2.81. The molecule has 6 nitrogen and oxygen atoms in total. The van der Waals surface area contributed by atoms with Crippen molar-refractivity contribution in [3.63, 3.8) is 0 Å². The number of hydrogen-bond donors (Lipinski definition) is 1. The van der Waals surface area contributed by atoms with E-state index >= 15 is 0 Å². The van der Waals surface area contributed by atoms with Crippen molar-refractivity contribution in [2.45, 2.75) is 25.2 Å². The van der Waals surface area contributed by atoms with E-state index in [0.717, 1.165) is 18.8 Å². The number of aryl methyl sites for hydroxylation is 2. The normalized spacial score (nSPS) is 25.9. The monoisotopic (exact) mass is 268 g/mol. The first kappa shape index (κ1) is 14.5. The Balaban J connectivity index is 2.17. The predicted octanol–water partition coefficient (Wildman–Crippen LogP) is 0.0739. The van der Waals surface area contributed by atoms with Gasteiger partial charge in [0.2, 0.25) is 0 Å². The number of nitrogens with two attached hydrogens (primary N) is 1. The quantitative estimate of drug-likeness (QED) is 0.819. The summed E-state index contributed by atoms with van der Waals surface area (Å²) in [6.07, 6.45) is 2.27. The highest BCUT2D eigenvalue weighted by atomic mass is 16.5. The molecule has 2 rings (SSSR count). The van der Waals surface area contributed by atoms with Crippen molar-refractivity contribution in [1.82, 2.24) is 14.7 Å². The van der Waals surface area contributed by atoms with Gasteiger partial charge in [0.25, 0.3) is 0 Å². The standard InChI is InChI=1S/C13H24N4O2/c1-9-10(6-16(2)15-9)11(5-14)17-7-12(18-3)13(8-17)19-4/h6,11-13H,5,7-8,14H2,1-4H3. The van der Waals surface area contributed by atoms with E-state index in [1.165, 1.54) is 5.56 Å². The van der Waals surface area contributed by atoms with E-state index in [1.54, 1.807) is 14.2 Å². The maximum absolute atomic E-state index is 5.98. The van der Waals surface area contributed by atoms with Crippen LogP contribution >= 0.6 is 0 Å². The van der Waals surface area contributed by atoms with E-state index in [-0.39, 0.29) is 18.2 Å². The number of hydrogen-bond acceptors (Lipinski definition) is 5. The molecule has 1 saturated heterocycles. The Hall–Kier alpha value is -0.950. The second-order valence-corrected chi connectivity index (χ2v) is 5.10. The average Bonchev–Trinajstić information content (AvgIpc) is 2.94. The van der Waals surface area contributed by atoms with Crippen molar-refractivity contribution in [3.8, 4) is 0 Å². The lowest BCUT2D eigenvalue weighted by atomic mass is 10.1. The molecular weight excluding hydrogens is 244 g/mol. The molecule has 1 aliphatic rings. The van der Waals surface area contributed by atoms with Crippen LogP contribution in [0.3, 0.4) is 0 Å². The molecule has 1 aliphatic heterocycles. The van der Waals surface area contributed by atoms with Gasteiger partial charge in [-0.15, -0.1) is 0 Å². The van der Waals surface area contributed by atoms with Crippen LogP contribution in [0.15, 0.2) is 6.20 Å². The average molecular weight is 268 g/mol. The van der Waals surface area contributed by atoms with Crippen LogP contribution in [0, 0.1) is 6.92 Å². The molecule has 0 radical (unpaired) electrons. The van der Waals surface area contributed by atoms with Gasteiger partial charge in [0.15, 0.2) is 0 Å².